The lowest BCUT2D eigenvalue weighted by molar-refractivity contribution is -0.138. The minimum absolute atomic E-state index is 0.0958. The number of para-hydroxylation sites is 1. The van der Waals surface area contributed by atoms with Crippen molar-refractivity contribution in [2.45, 2.75) is 32.2 Å². The third kappa shape index (κ3) is 2.83. The molecule has 0 unspecified atom stereocenters. The molecule has 132 valence electrons. The smallest absolute Gasteiger partial charge is 0.230 e. The van der Waals surface area contributed by atoms with E-state index in [9.17, 15) is 4.79 Å². The second-order valence-corrected chi connectivity index (χ2v) is 6.52. The molecule has 0 N–H and O–H groups in total. The monoisotopic (exact) mass is 343 g/mol. The molecule has 1 fully saturated rings. The largest absolute Gasteiger partial charge is 0.493 e. The van der Waals surface area contributed by atoms with Crippen LogP contribution in [-0.4, -0.2) is 41.2 Å². The van der Waals surface area contributed by atoms with E-state index in [4.69, 9.17) is 14.0 Å². The van der Waals surface area contributed by atoms with Crippen LogP contribution >= 0.6 is 0 Å². The van der Waals surface area contributed by atoms with E-state index >= 15 is 0 Å². The van der Waals surface area contributed by atoms with Crippen LogP contribution in [0.4, 0.5) is 0 Å². The Morgan fingerprint density at radius 1 is 1.40 bits per heavy atom. The van der Waals surface area contributed by atoms with Crippen molar-refractivity contribution in [3.05, 3.63) is 35.5 Å². The molecule has 1 amide bonds. The van der Waals surface area contributed by atoms with E-state index in [0.717, 1.165) is 30.7 Å². The lowest BCUT2D eigenvalue weighted by atomic mass is 9.95. The zero-order chi connectivity index (χ0) is 17.4. The topological polar surface area (TPSA) is 77.7 Å². The number of hydrogen-bond acceptors (Lipinski definition) is 6. The molecule has 4 rings (SSSR count). The molecular weight excluding hydrogens is 322 g/mol. The summed E-state index contributed by atoms with van der Waals surface area (Å²) >= 11 is 0. The average molecular weight is 343 g/mol. The second-order valence-electron chi connectivity index (χ2n) is 6.52. The molecule has 2 aromatic rings. The third-order valence-corrected chi connectivity index (χ3v) is 4.90. The van der Waals surface area contributed by atoms with Gasteiger partial charge in [0.1, 0.15) is 6.61 Å². The Morgan fingerprint density at radius 3 is 3.04 bits per heavy atom. The van der Waals surface area contributed by atoms with Crippen molar-refractivity contribution in [3.8, 4) is 11.5 Å². The van der Waals surface area contributed by atoms with Crippen LogP contribution < -0.4 is 9.47 Å². The molecule has 0 saturated carbocycles. The Balaban J connectivity index is 1.53. The molecule has 0 bridgehead atoms. The number of nitrogens with zero attached hydrogens (tertiary/aromatic N) is 3. The minimum Gasteiger partial charge on any atom is -0.493 e. The molecule has 0 radical (unpaired) electrons. The van der Waals surface area contributed by atoms with Crippen LogP contribution in [0.5, 0.6) is 11.5 Å². The SMILES string of the molecule is COc1cccc2c1OC[C@H](C(=O)N1CCC[C@H]1c1noc(C)n1)C2. The fourth-order valence-corrected chi connectivity index (χ4v) is 3.70. The predicted octanol–water partition coefficient (Wildman–Crippen LogP) is 2.30. The standard InChI is InChI=1S/C18H21N3O4/c1-11-19-17(20-25-11)14-6-4-8-21(14)18(22)13-9-12-5-3-7-15(23-2)16(12)24-10-13/h3,5,7,13-14H,4,6,8-10H2,1-2H3/t13-,14+/m1/s1. The van der Waals surface area contributed by atoms with Crippen molar-refractivity contribution < 1.29 is 18.8 Å². The number of aryl methyl sites for hydroxylation is 1. The van der Waals surface area contributed by atoms with Crippen LogP contribution in [0.15, 0.2) is 22.7 Å². The van der Waals surface area contributed by atoms with Gasteiger partial charge in [0.25, 0.3) is 0 Å². The zero-order valence-electron chi connectivity index (χ0n) is 14.4. The van der Waals surface area contributed by atoms with E-state index < -0.39 is 0 Å². The van der Waals surface area contributed by atoms with E-state index in [1.165, 1.54) is 0 Å². The third-order valence-electron chi connectivity index (χ3n) is 4.90. The van der Waals surface area contributed by atoms with Crippen LogP contribution in [0.1, 0.15) is 36.2 Å². The van der Waals surface area contributed by atoms with Gasteiger partial charge >= 0.3 is 0 Å². The van der Waals surface area contributed by atoms with Crippen LogP contribution in [0.25, 0.3) is 0 Å². The molecule has 2 aliphatic heterocycles. The van der Waals surface area contributed by atoms with Gasteiger partial charge in [-0.15, -0.1) is 0 Å². The molecule has 2 aliphatic rings. The number of carbonyl (C=O) groups is 1. The first kappa shape index (κ1) is 15.9. The highest BCUT2D eigenvalue weighted by Crippen LogP contribution is 2.38. The van der Waals surface area contributed by atoms with E-state index in [1.807, 2.05) is 23.1 Å². The number of ether oxygens (including phenoxy) is 2. The van der Waals surface area contributed by atoms with E-state index in [2.05, 4.69) is 10.1 Å². The first-order valence-corrected chi connectivity index (χ1v) is 8.56. The minimum atomic E-state index is -0.201. The van der Waals surface area contributed by atoms with Crippen molar-refractivity contribution in [1.29, 1.82) is 0 Å². The van der Waals surface area contributed by atoms with Gasteiger partial charge in [-0.25, -0.2) is 0 Å². The average Bonchev–Trinajstić information content (AvgIpc) is 3.28. The zero-order valence-corrected chi connectivity index (χ0v) is 14.4. The molecule has 0 spiro atoms. The summed E-state index contributed by atoms with van der Waals surface area (Å²) in [7, 11) is 1.62. The number of benzene rings is 1. The summed E-state index contributed by atoms with van der Waals surface area (Å²) in [4.78, 5) is 19.3. The van der Waals surface area contributed by atoms with Gasteiger partial charge < -0.3 is 18.9 Å². The van der Waals surface area contributed by atoms with Gasteiger partial charge in [-0.1, -0.05) is 17.3 Å². The van der Waals surface area contributed by atoms with Gasteiger partial charge in [0.2, 0.25) is 11.8 Å². The Labute approximate surface area is 145 Å². The van der Waals surface area contributed by atoms with E-state index in [1.54, 1.807) is 14.0 Å². The number of fused-ring (bicyclic) bond motifs is 1. The van der Waals surface area contributed by atoms with Gasteiger partial charge in [-0.05, 0) is 30.9 Å². The molecule has 7 heteroatoms. The molecule has 1 aromatic heterocycles. The molecule has 25 heavy (non-hydrogen) atoms. The lowest BCUT2D eigenvalue weighted by Gasteiger charge is -2.31. The van der Waals surface area contributed by atoms with Crippen molar-refractivity contribution in [1.82, 2.24) is 15.0 Å². The van der Waals surface area contributed by atoms with Gasteiger partial charge in [0.15, 0.2) is 17.3 Å². The van der Waals surface area contributed by atoms with Crippen molar-refractivity contribution in [2.24, 2.45) is 5.92 Å². The van der Waals surface area contributed by atoms with Crippen molar-refractivity contribution in [3.63, 3.8) is 0 Å². The lowest BCUT2D eigenvalue weighted by Crippen LogP contribution is -2.40. The molecular formula is C18H21N3O4. The molecule has 3 heterocycles. The molecule has 7 nitrogen and oxygen atoms in total. The fourth-order valence-electron chi connectivity index (χ4n) is 3.70. The highest BCUT2D eigenvalue weighted by atomic mass is 16.5. The number of carbonyl (C=O) groups excluding carboxylic acids is 1. The summed E-state index contributed by atoms with van der Waals surface area (Å²) in [6.45, 7) is 2.84. The maximum absolute atomic E-state index is 13.1. The summed E-state index contributed by atoms with van der Waals surface area (Å²) in [5.41, 5.74) is 1.01. The Morgan fingerprint density at radius 2 is 2.28 bits per heavy atom. The second kappa shape index (κ2) is 6.38. The predicted molar refractivity (Wildman–Crippen MR) is 88.4 cm³/mol. The van der Waals surface area contributed by atoms with Gasteiger partial charge in [0, 0.05) is 13.5 Å². The van der Waals surface area contributed by atoms with Gasteiger partial charge in [-0.3, -0.25) is 4.79 Å². The van der Waals surface area contributed by atoms with Crippen molar-refractivity contribution in [2.75, 3.05) is 20.3 Å². The highest BCUT2D eigenvalue weighted by Gasteiger charge is 2.38. The van der Waals surface area contributed by atoms with Gasteiger partial charge in [0.05, 0.1) is 19.1 Å². The number of amides is 1. The summed E-state index contributed by atoms with van der Waals surface area (Å²) in [6.07, 6.45) is 2.46. The Kier molecular flexibility index (Phi) is 4.07. The van der Waals surface area contributed by atoms with Crippen LogP contribution in [-0.2, 0) is 11.2 Å². The summed E-state index contributed by atoms with van der Waals surface area (Å²) < 4.78 is 16.3. The molecule has 1 saturated heterocycles. The fraction of sp³-hybridized carbons (Fsp3) is 0.500. The maximum Gasteiger partial charge on any atom is 0.230 e. The van der Waals surface area contributed by atoms with E-state index in [0.29, 0.717) is 30.5 Å². The normalized spacial score (nSPS) is 22.4. The first-order valence-electron chi connectivity index (χ1n) is 8.56. The first-order chi connectivity index (χ1) is 12.2. The molecule has 1 aromatic carbocycles. The van der Waals surface area contributed by atoms with Crippen LogP contribution in [0.2, 0.25) is 0 Å². The van der Waals surface area contributed by atoms with E-state index in [-0.39, 0.29) is 17.9 Å². The Hall–Kier alpha value is -2.57. The number of rotatable bonds is 3. The van der Waals surface area contributed by atoms with Gasteiger partial charge in [-0.2, -0.15) is 4.98 Å². The quantitative estimate of drug-likeness (QED) is 0.851. The van der Waals surface area contributed by atoms with Crippen LogP contribution in [0, 0.1) is 12.8 Å². The number of hydrogen-bond donors (Lipinski definition) is 0. The summed E-state index contributed by atoms with van der Waals surface area (Å²) in [5.74, 6) is 2.48. The van der Waals surface area contributed by atoms with Crippen LogP contribution in [0.3, 0.4) is 0 Å². The molecule has 0 aliphatic carbocycles. The maximum atomic E-state index is 13.1. The molecule has 2 atom stereocenters. The van der Waals surface area contributed by atoms with Crippen molar-refractivity contribution >= 4 is 5.91 Å². The highest BCUT2D eigenvalue weighted by molar-refractivity contribution is 5.80. The number of likely N-dealkylation sites (tertiary alicyclic amines) is 1. The number of methoxy groups -OCH3 is 1. The summed E-state index contributed by atoms with van der Waals surface area (Å²) in [5, 5.41) is 4.01. The number of aromatic nitrogens is 2. The Bertz CT molecular complexity index is 788. The summed E-state index contributed by atoms with van der Waals surface area (Å²) in [6, 6.07) is 5.68.